The summed E-state index contributed by atoms with van der Waals surface area (Å²) in [6.45, 7) is 3.00. The molecule has 1 aromatic heterocycles. The number of nitrogens with zero attached hydrogens (tertiary/aromatic N) is 1. The second-order valence-electron chi connectivity index (χ2n) is 5.83. The van der Waals surface area contributed by atoms with Crippen LogP contribution in [0.4, 0.5) is 0 Å². The molecular weight excluding hydrogens is 368 g/mol. The summed E-state index contributed by atoms with van der Waals surface area (Å²) in [6.07, 6.45) is 1.91. The van der Waals surface area contributed by atoms with Gasteiger partial charge in [-0.1, -0.05) is 19.1 Å². The van der Waals surface area contributed by atoms with Crippen molar-refractivity contribution in [3.8, 4) is 5.75 Å². The van der Waals surface area contributed by atoms with E-state index in [1.54, 1.807) is 26.0 Å². The van der Waals surface area contributed by atoms with Crippen molar-refractivity contribution in [1.29, 1.82) is 0 Å². The van der Waals surface area contributed by atoms with Gasteiger partial charge in [0, 0.05) is 26.0 Å². The fraction of sp³-hybridized carbons (Fsp3) is 0.474. The number of aromatic nitrogens is 2. The first-order chi connectivity index (χ1) is 13.1. The molecule has 7 nitrogen and oxygen atoms in total. The quantitative estimate of drug-likeness (QED) is 0.590. The highest BCUT2D eigenvalue weighted by Gasteiger charge is 2.24. The van der Waals surface area contributed by atoms with Crippen LogP contribution in [0.2, 0.25) is 0 Å². The van der Waals surface area contributed by atoms with Crippen LogP contribution in [-0.4, -0.2) is 42.2 Å². The first-order valence-corrected chi connectivity index (χ1v) is 9.80. The van der Waals surface area contributed by atoms with Crippen molar-refractivity contribution in [2.24, 2.45) is 0 Å². The van der Waals surface area contributed by atoms with Gasteiger partial charge in [0.1, 0.15) is 11.1 Å². The lowest BCUT2D eigenvalue weighted by atomic mass is 10.2. The number of hydrogen-bond donors (Lipinski definition) is 1. The Kier molecular flexibility index (Phi) is 8.63. The maximum atomic E-state index is 12.1. The van der Waals surface area contributed by atoms with Gasteiger partial charge in [-0.25, -0.2) is 4.79 Å². The Hall–Kier alpha value is -2.03. The summed E-state index contributed by atoms with van der Waals surface area (Å²) in [7, 11) is 3.25. The van der Waals surface area contributed by atoms with Gasteiger partial charge in [-0.3, -0.25) is 14.3 Å². The average molecular weight is 394 g/mol. The van der Waals surface area contributed by atoms with E-state index in [4.69, 9.17) is 14.2 Å². The molecule has 1 heterocycles. The van der Waals surface area contributed by atoms with Gasteiger partial charge in [0.05, 0.1) is 19.8 Å². The van der Waals surface area contributed by atoms with Crippen LogP contribution in [0.25, 0.3) is 0 Å². The minimum absolute atomic E-state index is 0.227. The standard InChI is InChI=1S/C19H26N2O5S/c1-4-27-18(21-11-9-17(22)20-19(21)23)16(25-3)10-12-26-13-14-5-7-15(24-2)8-6-14/h5-9,11,16,18H,4,10,12-13H2,1-3H3,(H,20,22,23)/t16-,18+/m0/s1. The first kappa shape index (κ1) is 21.3. The zero-order chi connectivity index (χ0) is 19.6. The predicted octanol–water partition coefficient (Wildman–Crippen LogP) is 2.42. The summed E-state index contributed by atoms with van der Waals surface area (Å²) in [5, 5.41) is -0.242. The normalized spacial score (nSPS) is 13.3. The number of thioether (sulfide) groups is 1. The van der Waals surface area contributed by atoms with Gasteiger partial charge in [-0.05, 0) is 29.9 Å². The van der Waals surface area contributed by atoms with Crippen LogP contribution in [0, 0.1) is 0 Å². The van der Waals surface area contributed by atoms with E-state index in [0.717, 1.165) is 17.1 Å². The van der Waals surface area contributed by atoms with Crippen molar-refractivity contribution in [2.75, 3.05) is 26.6 Å². The number of H-pyrrole nitrogens is 1. The number of aromatic amines is 1. The Bertz CT molecular complexity index is 803. The van der Waals surface area contributed by atoms with Gasteiger partial charge < -0.3 is 14.2 Å². The minimum Gasteiger partial charge on any atom is -0.497 e. The molecule has 8 heteroatoms. The van der Waals surface area contributed by atoms with Gasteiger partial charge in [0.2, 0.25) is 0 Å². The van der Waals surface area contributed by atoms with Gasteiger partial charge in [0.15, 0.2) is 0 Å². The molecule has 0 fully saturated rings. The predicted molar refractivity (Wildman–Crippen MR) is 107 cm³/mol. The van der Waals surface area contributed by atoms with Crippen molar-refractivity contribution in [1.82, 2.24) is 9.55 Å². The van der Waals surface area contributed by atoms with Gasteiger partial charge in [-0.2, -0.15) is 0 Å². The van der Waals surface area contributed by atoms with E-state index in [2.05, 4.69) is 4.98 Å². The van der Waals surface area contributed by atoms with E-state index >= 15 is 0 Å². The van der Waals surface area contributed by atoms with Crippen molar-refractivity contribution in [3.05, 3.63) is 62.9 Å². The molecule has 0 unspecified atom stereocenters. The number of benzene rings is 1. The molecule has 1 aromatic carbocycles. The number of hydrogen-bond acceptors (Lipinski definition) is 6. The summed E-state index contributed by atoms with van der Waals surface area (Å²) < 4.78 is 18.0. The topological polar surface area (TPSA) is 82.6 Å². The molecule has 0 saturated carbocycles. The molecule has 0 amide bonds. The summed E-state index contributed by atoms with van der Waals surface area (Å²) in [5.74, 6) is 1.62. The molecule has 0 aliphatic rings. The average Bonchev–Trinajstić information content (AvgIpc) is 2.67. The van der Waals surface area contributed by atoms with E-state index in [1.807, 2.05) is 31.2 Å². The highest BCUT2D eigenvalue weighted by molar-refractivity contribution is 7.99. The number of rotatable bonds is 11. The summed E-state index contributed by atoms with van der Waals surface area (Å²) in [5.41, 5.74) is 0.212. The second kappa shape index (κ2) is 11.0. The Morgan fingerprint density at radius 3 is 2.48 bits per heavy atom. The fourth-order valence-electron chi connectivity index (χ4n) is 2.65. The minimum atomic E-state index is -0.436. The highest BCUT2D eigenvalue weighted by Crippen LogP contribution is 2.28. The molecule has 0 aliphatic heterocycles. The Morgan fingerprint density at radius 1 is 1.15 bits per heavy atom. The summed E-state index contributed by atoms with van der Waals surface area (Å²) >= 11 is 1.59. The van der Waals surface area contributed by atoms with Crippen molar-refractivity contribution in [2.45, 2.75) is 31.4 Å². The molecule has 2 aromatic rings. The van der Waals surface area contributed by atoms with Gasteiger partial charge >= 0.3 is 5.69 Å². The van der Waals surface area contributed by atoms with Crippen LogP contribution >= 0.6 is 11.8 Å². The van der Waals surface area contributed by atoms with Gasteiger partial charge in [-0.15, -0.1) is 11.8 Å². The third kappa shape index (κ3) is 6.27. The maximum Gasteiger partial charge on any atom is 0.329 e. The molecule has 2 atom stereocenters. The van der Waals surface area contributed by atoms with Crippen LogP contribution in [0.3, 0.4) is 0 Å². The van der Waals surface area contributed by atoms with E-state index in [9.17, 15) is 9.59 Å². The highest BCUT2D eigenvalue weighted by atomic mass is 32.2. The van der Waals surface area contributed by atoms with E-state index in [0.29, 0.717) is 19.6 Å². The Labute approximate surface area is 162 Å². The molecule has 2 rings (SSSR count). The third-order valence-corrected chi connectivity index (χ3v) is 5.26. The zero-order valence-electron chi connectivity index (χ0n) is 15.8. The van der Waals surface area contributed by atoms with Gasteiger partial charge in [0.25, 0.3) is 5.56 Å². The lowest BCUT2D eigenvalue weighted by Crippen LogP contribution is -2.36. The monoisotopic (exact) mass is 394 g/mol. The second-order valence-corrected chi connectivity index (χ2v) is 7.22. The smallest absolute Gasteiger partial charge is 0.329 e. The molecular formula is C19H26N2O5S. The van der Waals surface area contributed by atoms with Crippen molar-refractivity contribution in [3.63, 3.8) is 0 Å². The molecule has 0 aliphatic carbocycles. The molecule has 1 N–H and O–H groups in total. The molecule has 148 valence electrons. The Balaban J connectivity index is 1.96. The molecule has 0 saturated heterocycles. The summed E-state index contributed by atoms with van der Waals surface area (Å²) in [4.78, 5) is 25.8. The number of methoxy groups -OCH3 is 2. The third-order valence-electron chi connectivity index (χ3n) is 4.06. The fourth-order valence-corrected chi connectivity index (χ4v) is 3.78. The van der Waals surface area contributed by atoms with E-state index in [1.165, 1.54) is 16.8 Å². The summed E-state index contributed by atoms with van der Waals surface area (Å²) in [6, 6.07) is 9.06. The SMILES string of the molecule is CCS[C@H]([C@H](CCOCc1ccc(OC)cc1)OC)n1ccc(=O)[nH]c1=O. The van der Waals surface area contributed by atoms with E-state index in [-0.39, 0.29) is 11.5 Å². The largest absolute Gasteiger partial charge is 0.497 e. The number of ether oxygens (including phenoxy) is 3. The van der Waals surface area contributed by atoms with Crippen LogP contribution in [0.15, 0.2) is 46.1 Å². The van der Waals surface area contributed by atoms with Crippen molar-refractivity contribution >= 4 is 11.8 Å². The maximum absolute atomic E-state index is 12.1. The molecule has 0 spiro atoms. The van der Waals surface area contributed by atoms with Crippen LogP contribution in [0.5, 0.6) is 5.75 Å². The van der Waals surface area contributed by atoms with Crippen molar-refractivity contribution < 1.29 is 14.2 Å². The number of nitrogens with one attached hydrogen (secondary N) is 1. The molecule has 27 heavy (non-hydrogen) atoms. The zero-order valence-corrected chi connectivity index (χ0v) is 16.7. The van der Waals surface area contributed by atoms with E-state index < -0.39 is 11.2 Å². The van der Waals surface area contributed by atoms with Crippen LogP contribution < -0.4 is 16.0 Å². The van der Waals surface area contributed by atoms with Crippen LogP contribution in [-0.2, 0) is 16.1 Å². The molecule has 0 radical (unpaired) electrons. The van der Waals surface area contributed by atoms with Crippen LogP contribution in [0.1, 0.15) is 24.3 Å². The lowest BCUT2D eigenvalue weighted by Gasteiger charge is -2.26. The lowest BCUT2D eigenvalue weighted by molar-refractivity contribution is 0.0350. The molecule has 0 bridgehead atoms. The first-order valence-electron chi connectivity index (χ1n) is 8.75. The Morgan fingerprint density at radius 2 is 1.89 bits per heavy atom.